The van der Waals surface area contributed by atoms with Crippen molar-refractivity contribution >= 4 is 23.2 Å². The lowest BCUT2D eigenvalue weighted by atomic mass is 9.82. The van der Waals surface area contributed by atoms with E-state index in [1.165, 1.54) is 0 Å². The topological polar surface area (TPSA) is 70.6 Å². The van der Waals surface area contributed by atoms with Crippen molar-refractivity contribution in [1.82, 2.24) is 5.32 Å². The SMILES string of the molecule is COc1ccccc1C1(NC(CO)c2ccccc2)C(=O)Nc2ccc(Cl)cc21. The van der Waals surface area contributed by atoms with Crippen LogP contribution in [0.2, 0.25) is 5.02 Å². The van der Waals surface area contributed by atoms with E-state index in [4.69, 9.17) is 16.3 Å². The van der Waals surface area contributed by atoms with Gasteiger partial charge in [-0.05, 0) is 29.8 Å². The molecular formula is C23H21ClN2O3. The fraction of sp³-hybridized carbons (Fsp3) is 0.174. The average molecular weight is 409 g/mol. The molecule has 6 heteroatoms. The number of carbonyl (C=O) groups is 1. The summed E-state index contributed by atoms with van der Waals surface area (Å²) in [5.74, 6) is 0.307. The Morgan fingerprint density at radius 1 is 1.07 bits per heavy atom. The van der Waals surface area contributed by atoms with Gasteiger partial charge in [-0.2, -0.15) is 0 Å². The molecule has 3 aromatic carbocycles. The standard InChI is InChI=1S/C23H21ClN2O3/c1-29-21-10-6-5-9-17(21)23(26-20(14-27)15-7-3-2-4-8-15)18-13-16(24)11-12-19(18)25-22(23)28/h2-13,20,26-27H,14H2,1H3,(H,25,28). The van der Waals surface area contributed by atoms with Crippen LogP contribution in [0.5, 0.6) is 5.75 Å². The normalized spacial score (nSPS) is 18.8. The number of hydrogen-bond donors (Lipinski definition) is 3. The van der Waals surface area contributed by atoms with E-state index in [2.05, 4.69) is 10.6 Å². The number of aliphatic hydroxyl groups excluding tert-OH is 1. The van der Waals surface area contributed by atoms with Crippen LogP contribution in [0.25, 0.3) is 0 Å². The van der Waals surface area contributed by atoms with Crippen molar-refractivity contribution in [3.63, 3.8) is 0 Å². The molecule has 0 aliphatic carbocycles. The van der Waals surface area contributed by atoms with Gasteiger partial charge in [0.1, 0.15) is 5.75 Å². The second-order valence-corrected chi connectivity index (χ2v) is 7.32. The Kier molecular flexibility index (Phi) is 5.28. The van der Waals surface area contributed by atoms with Gasteiger partial charge in [-0.1, -0.05) is 60.1 Å². The molecule has 0 bridgehead atoms. The minimum absolute atomic E-state index is 0.190. The number of nitrogens with one attached hydrogen (secondary N) is 2. The lowest BCUT2D eigenvalue weighted by Crippen LogP contribution is -2.51. The second-order valence-electron chi connectivity index (χ2n) is 6.88. The average Bonchev–Trinajstić information content (AvgIpc) is 3.03. The van der Waals surface area contributed by atoms with Crippen molar-refractivity contribution in [2.45, 2.75) is 11.6 Å². The predicted octanol–water partition coefficient (Wildman–Crippen LogP) is 3.87. The molecule has 3 aromatic rings. The quantitative estimate of drug-likeness (QED) is 0.579. The van der Waals surface area contributed by atoms with Gasteiger partial charge < -0.3 is 15.2 Å². The molecule has 0 spiro atoms. The lowest BCUT2D eigenvalue weighted by molar-refractivity contribution is -0.121. The molecule has 2 atom stereocenters. The van der Waals surface area contributed by atoms with Gasteiger partial charge in [0.25, 0.3) is 5.91 Å². The number of halogens is 1. The maximum atomic E-state index is 13.5. The largest absolute Gasteiger partial charge is 0.496 e. The molecule has 1 heterocycles. The molecule has 0 saturated carbocycles. The van der Waals surface area contributed by atoms with Crippen LogP contribution in [-0.4, -0.2) is 24.7 Å². The Morgan fingerprint density at radius 3 is 2.52 bits per heavy atom. The molecule has 2 unspecified atom stereocenters. The summed E-state index contributed by atoms with van der Waals surface area (Å²) in [6, 6.07) is 21.7. The van der Waals surface area contributed by atoms with Gasteiger partial charge in [0.15, 0.2) is 5.54 Å². The minimum Gasteiger partial charge on any atom is -0.496 e. The zero-order valence-electron chi connectivity index (χ0n) is 15.9. The zero-order valence-corrected chi connectivity index (χ0v) is 16.6. The first-order valence-electron chi connectivity index (χ1n) is 9.28. The van der Waals surface area contributed by atoms with Crippen LogP contribution in [0.4, 0.5) is 5.69 Å². The molecule has 29 heavy (non-hydrogen) atoms. The molecule has 0 aromatic heterocycles. The molecule has 3 N–H and O–H groups in total. The van der Waals surface area contributed by atoms with Gasteiger partial charge in [0, 0.05) is 21.8 Å². The number of para-hydroxylation sites is 1. The highest BCUT2D eigenvalue weighted by Gasteiger charge is 2.51. The Labute approximate surface area is 174 Å². The van der Waals surface area contributed by atoms with Crippen molar-refractivity contribution in [1.29, 1.82) is 0 Å². The van der Waals surface area contributed by atoms with E-state index < -0.39 is 11.6 Å². The predicted molar refractivity (Wildman–Crippen MR) is 113 cm³/mol. The number of ether oxygens (including phenoxy) is 1. The Bertz CT molecular complexity index is 1040. The first kappa shape index (κ1) is 19.5. The third kappa shape index (κ3) is 3.27. The van der Waals surface area contributed by atoms with Crippen molar-refractivity contribution in [3.05, 3.63) is 94.5 Å². The number of amides is 1. The fourth-order valence-electron chi connectivity index (χ4n) is 3.90. The number of benzene rings is 3. The van der Waals surface area contributed by atoms with Crippen molar-refractivity contribution in [3.8, 4) is 5.75 Å². The molecule has 1 amide bonds. The van der Waals surface area contributed by atoms with Gasteiger partial charge in [0.05, 0.1) is 19.8 Å². The van der Waals surface area contributed by atoms with E-state index in [9.17, 15) is 9.90 Å². The molecule has 148 valence electrons. The highest BCUT2D eigenvalue weighted by atomic mass is 35.5. The summed E-state index contributed by atoms with van der Waals surface area (Å²) in [6.45, 7) is -0.190. The highest BCUT2D eigenvalue weighted by Crippen LogP contribution is 2.46. The van der Waals surface area contributed by atoms with Crippen LogP contribution in [0.15, 0.2) is 72.8 Å². The molecule has 4 rings (SSSR count). The molecule has 0 fully saturated rings. The molecular weight excluding hydrogens is 388 g/mol. The summed E-state index contributed by atoms with van der Waals surface area (Å²) in [5, 5.41) is 17.0. The van der Waals surface area contributed by atoms with Gasteiger partial charge in [-0.25, -0.2) is 0 Å². The summed E-state index contributed by atoms with van der Waals surface area (Å²) >= 11 is 6.30. The van der Waals surface area contributed by atoms with Crippen LogP contribution in [0.3, 0.4) is 0 Å². The Hall–Kier alpha value is -2.86. The summed E-state index contributed by atoms with van der Waals surface area (Å²) < 4.78 is 5.58. The van der Waals surface area contributed by atoms with Crippen LogP contribution < -0.4 is 15.4 Å². The lowest BCUT2D eigenvalue weighted by Gasteiger charge is -2.34. The molecule has 5 nitrogen and oxygen atoms in total. The third-order valence-electron chi connectivity index (χ3n) is 5.26. The van der Waals surface area contributed by atoms with Crippen molar-refractivity contribution < 1.29 is 14.6 Å². The van der Waals surface area contributed by atoms with Gasteiger partial charge in [-0.3, -0.25) is 10.1 Å². The molecule has 1 aliphatic heterocycles. The number of aliphatic hydroxyl groups is 1. The number of methoxy groups -OCH3 is 1. The van der Waals surface area contributed by atoms with Crippen molar-refractivity contribution in [2.24, 2.45) is 0 Å². The van der Waals surface area contributed by atoms with E-state index in [0.29, 0.717) is 27.6 Å². The first-order valence-corrected chi connectivity index (χ1v) is 9.66. The summed E-state index contributed by atoms with van der Waals surface area (Å²) in [7, 11) is 1.57. The van der Waals surface area contributed by atoms with E-state index in [1.54, 1.807) is 25.3 Å². The minimum atomic E-state index is -1.28. The zero-order chi connectivity index (χ0) is 20.4. The fourth-order valence-corrected chi connectivity index (χ4v) is 4.07. The van der Waals surface area contributed by atoms with Gasteiger partial charge in [-0.15, -0.1) is 0 Å². The Balaban J connectivity index is 1.94. The van der Waals surface area contributed by atoms with Crippen LogP contribution >= 0.6 is 11.6 Å². The summed E-state index contributed by atoms with van der Waals surface area (Å²) in [4.78, 5) is 13.5. The smallest absolute Gasteiger partial charge is 0.254 e. The Morgan fingerprint density at radius 2 is 1.79 bits per heavy atom. The van der Waals surface area contributed by atoms with Crippen LogP contribution in [0, 0.1) is 0 Å². The summed E-state index contributed by atoms with van der Waals surface area (Å²) in [6.07, 6.45) is 0. The molecule has 0 saturated heterocycles. The van der Waals surface area contributed by atoms with E-state index in [0.717, 1.165) is 5.56 Å². The van der Waals surface area contributed by atoms with Crippen LogP contribution in [-0.2, 0) is 10.3 Å². The number of rotatable bonds is 6. The number of fused-ring (bicyclic) bond motifs is 1. The maximum absolute atomic E-state index is 13.5. The van der Waals surface area contributed by atoms with E-state index >= 15 is 0 Å². The number of hydrogen-bond acceptors (Lipinski definition) is 4. The van der Waals surface area contributed by atoms with E-state index in [-0.39, 0.29) is 12.5 Å². The van der Waals surface area contributed by atoms with Gasteiger partial charge in [0.2, 0.25) is 0 Å². The maximum Gasteiger partial charge on any atom is 0.254 e. The monoisotopic (exact) mass is 408 g/mol. The van der Waals surface area contributed by atoms with Crippen molar-refractivity contribution in [2.75, 3.05) is 19.0 Å². The first-order chi connectivity index (χ1) is 14.1. The molecule has 1 aliphatic rings. The highest BCUT2D eigenvalue weighted by molar-refractivity contribution is 6.31. The third-order valence-corrected chi connectivity index (χ3v) is 5.50. The number of carbonyl (C=O) groups excluding carboxylic acids is 1. The second kappa shape index (κ2) is 7.87. The molecule has 0 radical (unpaired) electrons. The van der Waals surface area contributed by atoms with Gasteiger partial charge >= 0.3 is 0 Å². The number of anilines is 1. The van der Waals surface area contributed by atoms with Crippen LogP contribution in [0.1, 0.15) is 22.7 Å². The van der Waals surface area contributed by atoms with E-state index in [1.807, 2.05) is 54.6 Å². The summed E-state index contributed by atoms with van der Waals surface area (Å²) in [5.41, 5.74) is 1.59.